The minimum atomic E-state index is -0.695. The first-order valence-electron chi connectivity index (χ1n) is 4.30. The van der Waals surface area contributed by atoms with Crippen molar-refractivity contribution in [1.82, 2.24) is 0 Å². The van der Waals surface area contributed by atoms with Gasteiger partial charge in [-0.1, -0.05) is 18.2 Å². The molecule has 1 rings (SSSR count). The first-order chi connectivity index (χ1) is 6.24. The van der Waals surface area contributed by atoms with Gasteiger partial charge in [-0.25, -0.2) is 0 Å². The highest BCUT2D eigenvalue weighted by Gasteiger charge is 2.04. The third kappa shape index (κ3) is 3.05. The van der Waals surface area contributed by atoms with Crippen LogP contribution < -0.4 is 0 Å². The van der Waals surface area contributed by atoms with Crippen molar-refractivity contribution in [2.75, 3.05) is 6.61 Å². The van der Waals surface area contributed by atoms with E-state index in [9.17, 15) is 5.11 Å². The number of aryl methyl sites for hydroxylation is 1. The standard InChI is InChI=1S/C10H14O3/c11-7-9(12)6-5-8-3-1-2-4-10(8)13/h1-4,9,11-13H,5-7H2. The van der Waals surface area contributed by atoms with Gasteiger partial charge in [-0.2, -0.15) is 0 Å². The minimum absolute atomic E-state index is 0.229. The molecule has 1 aromatic carbocycles. The van der Waals surface area contributed by atoms with Crippen molar-refractivity contribution >= 4 is 0 Å². The Morgan fingerprint density at radius 2 is 1.92 bits per heavy atom. The summed E-state index contributed by atoms with van der Waals surface area (Å²) in [4.78, 5) is 0. The van der Waals surface area contributed by atoms with Crippen LogP contribution in [-0.2, 0) is 6.42 Å². The number of benzene rings is 1. The summed E-state index contributed by atoms with van der Waals surface area (Å²) < 4.78 is 0. The fraction of sp³-hybridized carbons (Fsp3) is 0.400. The first-order valence-corrected chi connectivity index (χ1v) is 4.30. The van der Waals surface area contributed by atoms with E-state index in [-0.39, 0.29) is 12.4 Å². The van der Waals surface area contributed by atoms with Crippen LogP contribution in [0.4, 0.5) is 0 Å². The number of aliphatic hydroxyl groups is 2. The molecule has 0 aliphatic rings. The molecule has 0 spiro atoms. The molecule has 0 bridgehead atoms. The number of aliphatic hydroxyl groups excluding tert-OH is 2. The van der Waals surface area contributed by atoms with Crippen LogP contribution in [0.2, 0.25) is 0 Å². The molecule has 13 heavy (non-hydrogen) atoms. The van der Waals surface area contributed by atoms with Crippen molar-refractivity contribution in [3.8, 4) is 5.75 Å². The molecule has 0 heterocycles. The highest BCUT2D eigenvalue weighted by Crippen LogP contribution is 2.17. The lowest BCUT2D eigenvalue weighted by Gasteiger charge is -2.07. The van der Waals surface area contributed by atoms with Gasteiger partial charge in [0.2, 0.25) is 0 Å². The third-order valence-corrected chi connectivity index (χ3v) is 1.95. The molecule has 0 fully saturated rings. The minimum Gasteiger partial charge on any atom is -0.508 e. The molecule has 72 valence electrons. The zero-order valence-electron chi connectivity index (χ0n) is 7.35. The fourth-order valence-electron chi connectivity index (χ4n) is 1.14. The summed E-state index contributed by atoms with van der Waals surface area (Å²) >= 11 is 0. The van der Waals surface area contributed by atoms with Crippen LogP contribution in [0.15, 0.2) is 24.3 Å². The van der Waals surface area contributed by atoms with Crippen molar-refractivity contribution in [1.29, 1.82) is 0 Å². The highest BCUT2D eigenvalue weighted by atomic mass is 16.3. The van der Waals surface area contributed by atoms with Gasteiger partial charge in [0.25, 0.3) is 0 Å². The SMILES string of the molecule is OCC(O)CCc1ccccc1O. The molecule has 0 aromatic heterocycles. The average Bonchev–Trinajstić information content (AvgIpc) is 2.16. The van der Waals surface area contributed by atoms with Crippen LogP contribution in [0.5, 0.6) is 5.75 Å². The Morgan fingerprint density at radius 1 is 1.23 bits per heavy atom. The van der Waals surface area contributed by atoms with E-state index in [2.05, 4.69) is 0 Å². The molecule has 0 aliphatic carbocycles. The van der Waals surface area contributed by atoms with Crippen molar-refractivity contribution in [3.05, 3.63) is 29.8 Å². The summed E-state index contributed by atoms with van der Waals surface area (Å²) in [6, 6.07) is 7.00. The van der Waals surface area contributed by atoms with Gasteiger partial charge < -0.3 is 15.3 Å². The summed E-state index contributed by atoms with van der Waals surface area (Å²) in [6.07, 6.45) is 0.349. The number of para-hydroxylation sites is 1. The molecule has 1 unspecified atom stereocenters. The molecule has 1 aromatic rings. The molecule has 0 saturated carbocycles. The van der Waals surface area contributed by atoms with Gasteiger partial charge in [-0.3, -0.25) is 0 Å². The van der Waals surface area contributed by atoms with Crippen LogP contribution in [0.3, 0.4) is 0 Å². The second kappa shape index (κ2) is 4.84. The summed E-state index contributed by atoms with van der Waals surface area (Å²) in [7, 11) is 0. The van der Waals surface area contributed by atoms with Gasteiger partial charge in [-0.15, -0.1) is 0 Å². The molecule has 0 saturated heterocycles. The van der Waals surface area contributed by atoms with E-state index in [0.717, 1.165) is 5.56 Å². The smallest absolute Gasteiger partial charge is 0.118 e. The second-order valence-corrected chi connectivity index (χ2v) is 3.00. The number of phenols is 1. The molecular formula is C10H14O3. The van der Waals surface area contributed by atoms with Crippen LogP contribution >= 0.6 is 0 Å². The fourth-order valence-corrected chi connectivity index (χ4v) is 1.14. The summed E-state index contributed by atoms with van der Waals surface area (Å²) in [6.45, 7) is -0.229. The number of rotatable bonds is 4. The van der Waals surface area contributed by atoms with Crippen molar-refractivity contribution in [2.45, 2.75) is 18.9 Å². The van der Waals surface area contributed by atoms with E-state index >= 15 is 0 Å². The highest BCUT2D eigenvalue weighted by molar-refractivity contribution is 5.31. The van der Waals surface area contributed by atoms with Gasteiger partial charge >= 0.3 is 0 Å². The second-order valence-electron chi connectivity index (χ2n) is 3.00. The summed E-state index contributed by atoms with van der Waals surface area (Å²) in [5.74, 6) is 0.243. The van der Waals surface area contributed by atoms with Gasteiger partial charge in [-0.05, 0) is 24.5 Å². The molecule has 0 amide bonds. The quantitative estimate of drug-likeness (QED) is 0.641. The van der Waals surface area contributed by atoms with E-state index in [1.165, 1.54) is 0 Å². The van der Waals surface area contributed by atoms with Crippen molar-refractivity contribution in [3.63, 3.8) is 0 Å². The van der Waals surface area contributed by atoms with E-state index in [4.69, 9.17) is 10.2 Å². The number of hydrogen-bond donors (Lipinski definition) is 3. The predicted octanol–water partition coefficient (Wildman–Crippen LogP) is 0.678. The number of phenolic OH excluding ortho intramolecular Hbond substituents is 1. The lowest BCUT2D eigenvalue weighted by Crippen LogP contribution is -2.12. The molecule has 3 nitrogen and oxygen atoms in total. The Hall–Kier alpha value is -1.06. The zero-order chi connectivity index (χ0) is 9.68. The Morgan fingerprint density at radius 3 is 2.54 bits per heavy atom. The maximum absolute atomic E-state index is 9.35. The normalized spacial score (nSPS) is 12.8. The van der Waals surface area contributed by atoms with Gasteiger partial charge in [0.15, 0.2) is 0 Å². The van der Waals surface area contributed by atoms with E-state index in [1.54, 1.807) is 18.2 Å². The number of hydrogen-bond acceptors (Lipinski definition) is 3. The van der Waals surface area contributed by atoms with E-state index in [0.29, 0.717) is 12.8 Å². The van der Waals surface area contributed by atoms with Crippen molar-refractivity contribution in [2.24, 2.45) is 0 Å². The van der Waals surface area contributed by atoms with Crippen molar-refractivity contribution < 1.29 is 15.3 Å². The molecule has 3 heteroatoms. The predicted molar refractivity (Wildman–Crippen MR) is 49.5 cm³/mol. The maximum Gasteiger partial charge on any atom is 0.118 e. The van der Waals surface area contributed by atoms with E-state index in [1.807, 2.05) is 6.07 Å². The van der Waals surface area contributed by atoms with Crippen LogP contribution in [0.25, 0.3) is 0 Å². The number of aromatic hydroxyl groups is 1. The van der Waals surface area contributed by atoms with Gasteiger partial charge in [0.1, 0.15) is 5.75 Å². The maximum atomic E-state index is 9.35. The molecule has 0 radical (unpaired) electrons. The van der Waals surface area contributed by atoms with Gasteiger partial charge in [0, 0.05) is 0 Å². The van der Waals surface area contributed by atoms with Gasteiger partial charge in [0.05, 0.1) is 12.7 Å². The lowest BCUT2D eigenvalue weighted by molar-refractivity contribution is 0.0884. The Labute approximate surface area is 77.3 Å². The topological polar surface area (TPSA) is 60.7 Å². The van der Waals surface area contributed by atoms with E-state index < -0.39 is 6.10 Å². The first kappa shape index (κ1) is 10.0. The summed E-state index contributed by atoms with van der Waals surface area (Å²) in [5.41, 5.74) is 0.801. The zero-order valence-corrected chi connectivity index (χ0v) is 7.35. The van der Waals surface area contributed by atoms with Crippen LogP contribution in [0.1, 0.15) is 12.0 Å². The van der Waals surface area contributed by atoms with Crippen LogP contribution in [0, 0.1) is 0 Å². The largest absolute Gasteiger partial charge is 0.508 e. The molecule has 3 N–H and O–H groups in total. The summed E-state index contributed by atoms with van der Waals surface area (Å²) in [5, 5.41) is 27.0. The molecular weight excluding hydrogens is 168 g/mol. The average molecular weight is 182 g/mol. The Kier molecular flexibility index (Phi) is 3.73. The Balaban J connectivity index is 2.50. The monoisotopic (exact) mass is 182 g/mol. The van der Waals surface area contributed by atoms with Crippen LogP contribution in [-0.4, -0.2) is 28.0 Å². The Bertz CT molecular complexity index is 260. The molecule has 0 aliphatic heterocycles. The lowest BCUT2D eigenvalue weighted by atomic mass is 10.1. The third-order valence-electron chi connectivity index (χ3n) is 1.95. The molecule has 1 atom stereocenters.